The number of nitrogens with two attached hydrogens (primary N) is 1. The minimum absolute atomic E-state index is 0.254. The third-order valence-electron chi connectivity index (χ3n) is 1.78. The molecule has 0 amide bonds. The molecule has 0 saturated carbocycles. The Labute approximate surface area is 101 Å². The maximum Gasteiger partial charge on any atom is 0.103 e. The molecule has 0 rings (SSSR count). The Morgan fingerprint density at radius 2 is 2.00 bits per heavy atom. The van der Waals surface area contributed by atoms with Crippen LogP contribution in [0.5, 0.6) is 0 Å². The van der Waals surface area contributed by atoms with Crippen LogP contribution >= 0.6 is 21.6 Å². The van der Waals surface area contributed by atoms with Crippen molar-refractivity contribution in [3.05, 3.63) is 0 Å². The highest BCUT2D eigenvalue weighted by Crippen LogP contribution is 2.38. The van der Waals surface area contributed by atoms with Gasteiger partial charge in [-0.3, -0.25) is 0 Å². The van der Waals surface area contributed by atoms with E-state index in [-0.39, 0.29) is 4.75 Å². The summed E-state index contributed by atoms with van der Waals surface area (Å²) in [5.41, 5.74) is 0. The van der Waals surface area contributed by atoms with E-state index in [9.17, 15) is 0 Å². The molecule has 0 saturated heterocycles. The lowest BCUT2D eigenvalue weighted by molar-refractivity contribution is 0.121. The molecule has 0 spiro atoms. The van der Waals surface area contributed by atoms with Crippen LogP contribution in [0.25, 0.3) is 0 Å². The first kappa shape index (κ1) is 15.6. The first-order chi connectivity index (χ1) is 6.98. The molecule has 5 heteroatoms. The first-order valence-electron chi connectivity index (χ1n) is 5.22. The molecule has 0 aliphatic rings. The highest BCUT2D eigenvalue weighted by Gasteiger charge is 2.18. The van der Waals surface area contributed by atoms with Crippen LogP contribution in [0, 0.1) is 0 Å². The smallest absolute Gasteiger partial charge is 0.103 e. The summed E-state index contributed by atoms with van der Waals surface area (Å²) in [5.74, 6) is 5.73. The molecule has 0 aromatic carbocycles. The molecule has 0 fully saturated rings. The Balaban J connectivity index is 3.46. The Hall–Kier alpha value is 0.580. The van der Waals surface area contributed by atoms with Gasteiger partial charge in [0, 0.05) is 4.75 Å². The molecule has 2 N–H and O–H groups in total. The zero-order valence-electron chi connectivity index (χ0n) is 10.1. The zero-order chi connectivity index (χ0) is 11.7. The van der Waals surface area contributed by atoms with Crippen LogP contribution in [0.2, 0.25) is 0 Å². The van der Waals surface area contributed by atoms with Gasteiger partial charge in [-0.05, 0) is 40.5 Å². The Morgan fingerprint density at radius 3 is 2.53 bits per heavy atom. The van der Waals surface area contributed by atoms with Gasteiger partial charge in [-0.25, -0.2) is 5.90 Å². The monoisotopic (exact) mass is 253 g/mol. The summed E-state index contributed by atoms with van der Waals surface area (Å²) in [6.45, 7) is 9.20. The molecule has 0 heterocycles. The molecular weight excluding hydrogens is 230 g/mol. The minimum atomic E-state index is 0.254. The van der Waals surface area contributed by atoms with E-state index in [1.54, 1.807) is 10.8 Å². The summed E-state index contributed by atoms with van der Waals surface area (Å²) >= 11 is 0. The van der Waals surface area contributed by atoms with Gasteiger partial charge in [0.05, 0.1) is 12.7 Å². The van der Waals surface area contributed by atoms with Crippen molar-refractivity contribution < 1.29 is 9.57 Å². The number of hydrogen-bond acceptors (Lipinski definition) is 5. The second-order valence-electron chi connectivity index (χ2n) is 4.27. The molecule has 0 atom stereocenters. The third kappa shape index (κ3) is 10.9. The van der Waals surface area contributed by atoms with Crippen LogP contribution < -0.4 is 5.90 Å². The van der Waals surface area contributed by atoms with Crippen LogP contribution in [0.4, 0.5) is 0 Å². The first-order valence-corrected chi connectivity index (χ1v) is 7.54. The standard InChI is InChI=1S/C10H23NO2S2/c1-9(2)12-8-14-15-10(3,4)6-5-7-13-11/h9H,5-8,11H2,1-4H3. The highest BCUT2D eigenvalue weighted by atomic mass is 33.1. The third-order valence-corrected chi connectivity index (χ3v) is 4.78. The maximum absolute atomic E-state index is 5.46. The van der Waals surface area contributed by atoms with Crippen molar-refractivity contribution in [3.8, 4) is 0 Å². The fraction of sp³-hybridized carbons (Fsp3) is 1.00. The average molecular weight is 253 g/mol. The molecule has 0 aliphatic heterocycles. The van der Waals surface area contributed by atoms with Gasteiger partial charge in [0.25, 0.3) is 0 Å². The lowest BCUT2D eigenvalue weighted by atomic mass is 10.1. The predicted molar refractivity (Wildman–Crippen MR) is 69.7 cm³/mol. The molecule has 15 heavy (non-hydrogen) atoms. The largest absolute Gasteiger partial charge is 0.367 e. The van der Waals surface area contributed by atoms with E-state index in [1.165, 1.54) is 0 Å². The second kappa shape index (κ2) is 8.70. The van der Waals surface area contributed by atoms with E-state index in [2.05, 4.69) is 32.5 Å². The summed E-state index contributed by atoms with van der Waals surface area (Å²) in [4.78, 5) is 4.55. The fourth-order valence-corrected chi connectivity index (χ4v) is 3.41. The molecule has 3 nitrogen and oxygen atoms in total. The average Bonchev–Trinajstić information content (AvgIpc) is 2.13. The van der Waals surface area contributed by atoms with E-state index < -0.39 is 0 Å². The van der Waals surface area contributed by atoms with Gasteiger partial charge < -0.3 is 9.57 Å². The molecular formula is C10H23NO2S2. The SMILES string of the molecule is CC(C)OCSSC(C)(C)CCCON. The number of ether oxygens (including phenoxy) is 1. The fourth-order valence-electron chi connectivity index (χ4n) is 0.970. The van der Waals surface area contributed by atoms with Gasteiger partial charge in [-0.1, -0.05) is 21.6 Å². The molecule has 0 bridgehead atoms. The second-order valence-corrected chi connectivity index (χ2v) is 7.22. The molecule has 0 aromatic rings. The summed E-state index contributed by atoms with van der Waals surface area (Å²) in [5, 5.41) is 0. The van der Waals surface area contributed by atoms with E-state index in [4.69, 9.17) is 10.6 Å². The van der Waals surface area contributed by atoms with Gasteiger partial charge in [0.1, 0.15) is 5.94 Å². The maximum atomic E-state index is 5.46. The van der Waals surface area contributed by atoms with Crippen molar-refractivity contribution in [2.45, 2.75) is 51.4 Å². The molecule has 0 aromatic heterocycles. The van der Waals surface area contributed by atoms with E-state index in [0.717, 1.165) is 18.8 Å². The van der Waals surface area contributed by atoms with Crippen molar-refractivity contribution in [3.63, 3.8) is 0 Å². The minimum Gasteiger partial charge on any atom is -0.367 e. The van der Waals surface area contributed by atoms with Gasteiger partial charge in [0.2, 0.25) is 0 Å². The van der Waals surface area contributed by atoms with E-state index in [0.29, 0.717) is 12.7 Å². The normalized spacial score (nSPS) is 12.4. The van der Waals surface area contributed by atoms with Crippen molar-refractivity contribution in [2.75, 3.05) is 12.5 Å². The summed E-state index contributed by atoms with van der Waals surface area (Å²) in [6.07, 6.45) is 2.41. The van der Waals surface area contributed by atoms with Crippen LogP contribution in [-0.4, -0.2) is 23.4 Å². The van der Waals surface area contributed by atoms with Crippen LogP contribution in [0.3, 0.4) is 0 Å². The molecule has 0 aliphatic carbocycles. The van der Waals surface area contributed by atoms with Crippen molar-refractivity contribution >= 4 is 21.6 Å². The number of rotatable bonds is 9. The summed E-state index contributed by atoms with van der Waals surface area (Å²) in [6, 6.07) is 0. The lowest BCUT2D eigenvalue weighted by Crippen LogP contribution is -2.15. The van der Waals surface area contributed by atoms with Gasteiger partial charge in [0.15, 0.2) is 0 Å². The van der Waals surface area contributed by atoms with E-state index in [1.807, 2.05) is 10.8 Å². The van der Waals surface area contributed by atoms with Gasteiger partial charge in [-0.15, -0.1) is 0 Å². The van der Waals surface area contributed by atoms with Crippen LogP contribution in [-0.2, 0) is 9.57 Å². The molecule has 92 valence electrons. The number of hydrogen-bond donors (Lipinski definition) is 1. The predicted octanol–water partition coefficient (Wildman–Crippen LogP) is 3.20. The van der Waals surface area contributed by atoms with Crippen molar-refractivity contribution in [1.29, 1.82) is 0 Å². The lowest BCUT2D eigenvalue weighted by Gasteiger charge is -2.23. The molecule has 0 unspecified atom stereocenters. The summed E-state index contributed by atoms with van der Waals surface area (Å²) < 4.78 is 5.71. The van der Waals surface area contributed by atoms with E-state index >= 15 is 0 Å². The van der Waals surface area contributed by atoms with Crippen LogP contribution in [0.1, 0.15) is 40.5 Å². The van der Waals surface area contributed by atoms with Crippen LogP contribution in [0.15, 0.2) is 0 Å². The topological polar surface area (TPSA) is 44.5 Å². The van der Waals surface area contributed by atoms with Crippen molar-refractivity contribution in [1.82, 2.24) is 0 Å². The highest BCUT2D eigenvalue weighted by molar-refractivity contribution is 8.77. The Bertz CT molecular complexity index is 154. The Morgan fingerprint density at radius 1 is 1.33 bits per heavy atom. The Kier molecular flexibility index (Phi) is 9.04. The van der Waals surface area contributed by atoms with Gasteiger partial charge in [-0.2, -0.15) is 0 Å². The quantitative estimate of drug-likeness (QED) is 0.296. The molecule has 0 radical (unpaired) electrons. The van der Waals surface area contributed by atoms with Crippen molar-refractivity contribution in [2.24, 2.45) is 5.90 Å². The zero-order valence-corrected chi connectivity index (χ0v) is 11.7. The summed E-state index contributed by atoms with van der Waals surface area (Å²) in [7, 11) is 3.64. The van der Waals surface area contributed by atoms with Gasteiger partial charge >= 0.3 is 0 Å².